The van der Waals surface area contributed by atoms with Crippen molar-refractivity contribution in [2.24, 2.45) is 5.92 Å². The van der Waals surface area contributed by atoms with Crippen LogP contribution in [0.5, 0.6) is 0 Å². The lowest BCUT2D eigenvalue weighted by Gasteiger charge is -2.43. The first-order chi connectivity index (χ1) is 17.7. The number of fused-ring (bicyclic) bond motifs is 3. The molecule has 36 heavy (non-hydrogen) atoms. The zero-order chi connectivity index (χ0) is 24.7. The molecule has 8 heteroatoms. The van der Waals surface area contributed by atoms with Gasteiger partial charge in [0.25, 0.3) is 5.89 Å². The van der Waals surface area contributed by atoms with Gasteiger partial charge in [0.05, 0.1) is 5.92 Å². The first-order valence-corrected chi connectivity index (χ1v) is 14.5. The van der Waals surface area contributed by atoms with Crippen LogP contribution in [0.15, 0.2) is 15.1 Å². The Hall–Kier alpha value is -2.06. The smallest absolute Gasteiger partial charge is 0.254 e. The number of aryl methyl sites for hydroxylation is 1. The van der Waals surface area contributed by atoms with Gasteiger partial charge in [-0.1, -0.05) is 55.4 Å². The number of rotatable bonds is 7. The van der Waals surface area contributed by atoms with E-state index < -0.39 is 0 Å². The van der Waals surface area contributed by atoms with E-state index in [0.717, 1.165) is 61.8 Å². The van der Waals surface area contributed by atoms with Gasteiger partial charge in [0.15, 0.2) is 11.6 Å². The molecule has 2 aromatic rings. The van der Waals surface area contributed by atoms with E-state index in [2.05, 4.69) is 50.1 Å². The first kappa shape index (κ1) is 25.6. The van der Waals surface area contributed by atoms with Gasteiger partial charge in [-0.05, 0) is 64.6 Å². The molecule has 4 fully saturated rings. The Morgan fingerprint density at radius 2 is 1.78 bits per heavy atom. The minimum absolute atomic E-state index is 0.500. The number of unbranched alkanes of at least 4 members (excludes halogenated alkanes) is 2. The van der Waals surface area contributed by atoms with Crippen molar-refractivity contribution in [2.45, 2.75) is 95.8 Å². The molecule has 7 rings (SSSR count). The van der Waals surface area contributed by atoms with Gasteiger partial charge in [0.1, 0.15) is 0 Å². The van der Waals surface area contributed by atoms with Crippen LogP contribution in [0, 0.1) is 5.92 Å². The average molecular weight is 497 g/mol. The summed E-state index contributed by atoms with van der Waals surface area (Å²) in [4.78, 5) is 14.1. The Labute approximate surface area is 215 Å². The van der Waals surface area contributed by atoms with Crippen molar-refractivity contribution in [3.63, 3.8) is 0 Å². The fourth-order valence-electron chi connectivity index (χ4n) is 6.24. The molecule has 2 bridgehead atoms. The number of nitrogens with zero attached hydrogens (tertiary/aromatic N) is 6. The molecule has 0 amide bonds. The standard InChI is InChI=1S/C14H21N3O.C14H23N3O/c1-17-9-5-8-12(10-17)14-15-13(16-18-14)11-6-3-2-4-7-11;1-2-3-4-5-13-15-14(18-16-13)12-10-17-8-6-11(12)7-9-17/h8,11H,2-7,9-10H2,1H3;11-12H,2-10H2,1H3. The third kappa shape index (κ3) is 6.43. The lowest BCUT2D eigenvalue weighted by atomic mass is 9.79. The number of hydrogen-bond donors (Lipinski definition) is 0. The highest BCUT2D eigenvalue weighted by molar-refractivity contribution is 5.60. The summed E-state index contributed by atoms with van der Waals surface area (Å²) in [5, 5.41) is 8.34. The van der Waals surface area contributed by atoms with Crippen molar-refractivity contribution in [1.29, 1.82) is 0 Å². The van der Waals surface area contributed by atoms with E-state index in [-0.39, 0.29) is 0 Å². The zero-order valence-corrected chi connectivity index (χ0v) is 22.3. The highest BCUT2D eigenvalue weighted by atomic mass is 16.5. The summed E-state index contributed by atoms with van der Waals surface area (Å²) in [5.74, 6) is 5.28. The van der Waals surface area contributed by atoms with Gasteiger partial charge < -0.3 is 18.8 Å². The molecular weight excluding hydrogens is 452 g/mol. The minimum Gasteiger partial charge on any atom is -0.339 e. The summed E-state index contributed by atoms with van der Waals surface area (Å²) in [6.07, 6.45) is 17.0. The van der Waals surface area contributed by atoms with Gasteiger partial charge in [0, 0.05) is 37.5 Å². The molecule has 1 atom stereocenters. The van der Waals surface area contributed by atoms with E-state index in [0.29, 0.717) is 11.8 Å². The van der Waals surface area contributed by atoms with E-state index in [4.69, 9.17) is 9.05 Å². The predicted octanol–water partition coefficient (Wildman–Crippen LogP) is 5.45. The van der Waals surface area contributed by atoms with Crippen LogP contribution in [0.3, 0.4) is 0 Å². The largest absolute Gasteiger partial charge is 0.339 e. The van der Waals surface area contributed by atoms with Crippen LogP contribution in [-0.4, -0.2) is 69.9 Å². The third-order valence-corrected chi connectivity index (χ3v) is 8.49. The average Bonchev–Trinajstić information content (AvgIpc) is 3.61. The maximum Gasteiger partial charge on any atom is 0.254 e. The van der Waals surface area contributed by atoms with Gasteiger partial charge in [-0.2, -0.15) is 9.97 Å². The number of likely N-dealkylation sites (N-methyl/N-ethyl adjacent to an activating group) is 1. The molecule has 6 heterocycles. The lowest BCUT2D eigenvalue weighted by Crippen LogP contribution is -2.46. The molecule has 2 aromatic heterocycles. The van der Waals surface area contributed by atoms with Crippen LogP contribution in [0.25, 0.3) is 5.57 Å². The molecule has 4 aliphatic heterocycles. The van der Waals surface area contributed by atoms with E-state index in [9.17, 15) is 0 Å². The molecule has 3 saturated heterocycles. The Morgan fingerprint density at radius 1 is 0.944 bits per heavy atom. The maximum absolute atomic E-state index is 5.50. The Kier molecular flexibility index (Phi) is 8.85. The SMILES string of the molecule is CCCCCc1noc(C2CN3CCC2CC3)n1.CN1CCC=C(c2nc(C3CCCCC3)no2)C1. The van der Waals surface area contributed by atoms with Crippen molar-refractivity contribution in [3.05, 3.63) is 29.5 Å². The molecule has 198 valence electrons. The van der Waals surface area contributed by atoms with E-state index >= 15 is 0 Å². The van der Waals surface area contributed by atoms with Crippen molar-refractivity contribution in [3.8, 4) is 0 Å². The molecule has 0 spiro atoms. The molecule has 5 aliphatic rings. The Balaban J connectivity index is 0.000000148. The van der Waals surface area contributed by atoms with E-state index in [1.165, 1.54) is 82.9 Å². The monoisotopic (exact) mass is 496 g/mol. The van der Waals surface area contributed by atoms with Crippen LogP contribution < -0.4 is 0 Å². The summed E-state index contributed by atoms with van der Waals surface area (Å²) >= 11 is 0. The zero-order valence-electron chi connectivity index (χ0n) is 22.3. The van der Waals surface area contributed by atoms with Crippen molar-refractivity contribution in [1.82, 2.24) is 30.1 Å². The van der Waals surface area contributed by atoms with Crippen LogP contribution in [0.1, 0.15) is 113 Å². The third-order valence-electron chi connectivity index (χ3n) is 8.49. The topological polar surface area (TPSA) is 84.3 Å². The van der Waals surface area contributed by atoms with Crippen molar-refractivity contribution >= 4 is 5.57 Å². The lowest BCUT2D eigenvalue weighted by molar-refractivity contribution is 0.0727. The molecule has 0 aromatic carbocycles. The molecule has 1 aliphatic carbocycles. The summed E-state index contributed by atoms with van der Waals surface area (Å²) in [5.41, 5.74) is 1.19. The van der Waals surface area contributed by atoms with Gasteiger partial charge in [0.2, 0.25) is 5.89 Å². The van der Waals surface area contributed by atoms with Crippen LogP contribution >= 0.6 is 0 Å². The molecular formula is C28H44N6O2. The highest BCUT2D eigenvalue weighted by Gasteiger charge is 2.38. The number of piperidine rings is 3. The molecule has 0 N–H and O–H groups in total. The van der Waals surface area contributed by atoms with Crippen LogP contribution in [0.2, 0.25) is 0 Å². The van der Waals surface area contributed by atoms with Crippen molar-refractivity contribution in [2.75, 3.05) is 39.8 Å². The molecule has 0 radical (unpaired) electrons. The summed E-state index contributed by atoms with van der Waals surface area (Å²) < 4.78 is 10.9. The summed E-state index contributed by atoms with van der Waals surface area (Å²) in [6.45, 7) is 7.91. The van der Waals surface area contributed by atoms with Gasteiger partial charge in [-0.3, -0.25) is 0 Å². The molecule has 1 saturated carbocycles. The van der Waals surface area contributed by atoms with Crippen LogP contribution in [-0.2, 0) is 6.42 Å². The first-order valence-electron chi connectivity index (χ1n) is 14.5. The summed E-state index contributed by atoms with van der Waals surface area (Å²) in [7, 11) is 2.13. The fraction of sp³-hybridized carbons (Fsp3) is 0.786. The minimum atomic E-state index is 0.500. The second-order valence-corrected chi connectivity index (χ2v) is 11.3. The number of aromatic nitrogens is 4. The van der Waals surface area contributed by atoms with Gasteiger partial charge in [-0.15, -0.1) is 0 Å². The second-order valence-electron chi connectivity index (χ2n) is 11.3. The second kappa shape index (κ2) is 12.5. The van der Waals surface area contributed by atoms with E-state index in [1.807, 2.05) is 0 Å². The Bertz CT molecular complexity index is 970. The number of hydrogen-bond acceptors (Lipinski definition) is 8. The summed E-state index contributed by atoms with van der Waals surface area (Å²) in [6, 6.07) is 0. The quantitative estimate of drug-likeness (QED) is 0.468. The normalized spacial score (nSPS) is 26.9. The molecule has 1 unspecified atom stereocenters. The van der Waals surface area contributed by atoms with E-state index in [1.54, 1.807) is 0 Å². The fourth-order valence-corrected chi connectivity index (χ4v) is 6.24. The van der Waals surface area contributed by atoms with Crippen LogP contribution in [0.4, 0.5) is 0 Å². The highest BCUT2D eigenvalue weighted by Crippen LogP contribution is 2.38. The van der Waals surface area contributed by atoms with Gasteiger partial charge >= 0.3 is 0 Å². The molecule has 8 nitrogen and oxygen atoms in total. The Morgan fingerprint density at radius 3 is 2.50 bits per heavy atom. The van der Waals surface area contributed by atoms with Gasteiger partial charge in [-0.25, -0.2) is 0 Å². The maximum atomic E-state index is 5.50. The van der Waals surface area contributed by atoms with Crippen molar-refractivity contribution < 1.29 is 9.05 Å². The predicted molar refractivity (Wildman–Crippen MR) is 140 cm³/mol.